The van der Waals surface area contributed by atoms with Gasteiger partial charge in [-0.25, -0.2) is 0 Å². The van der Waals surface area contributed by atoms with E-state index in [-0.39, 0.29) is 12.7 Å². The second-order valence-electron chi connectivity index (χ2n) is 5.62. The van der Waals surface area contributed by atoms with Crippen LogP contribution in [-0.4, -0.2) is 20.5 Å². The number of benzene rings is 2. The Bertz CT molecular complexity index is 709. The average Bonchev–Trinajstić information content (AvgIpc) is 3.01. The van der Waals surface area contributed by atoms with E-state index < -0.39 is 0 Å². The highest BCUT2D eigenvalue weighted by atomic mass is 16.7. The van der Waals surface area contributed by atoms with Crippen molar-refractivity contribution in [3.8, 4) is 23.0 Å². The van der Waals surface area contributed by atoms with E-state index in [0.717, 1.165) is 28.6 Å². The van der Waals surface area contributed by atoms with Crippen molar-refractivity contribution in [2.24, 2.45) is 0 Å². The summed E-state index contributed by atoms with van der Waals surface area (Å²) >= 11 is 0. The summed E-state index contributed by atoms with van der Waals surface area (Å²) in [7, 11) is 1.68. The summed E-state index contributed by atoms with van der Waals surface area (Å²) in [6.45, 7) is 7.13. The molecule has 122 valence electrons. The Hall–Kier alpha value is -2.36. The Balaban J connectivity index is 2.03. The monoisotopic (exact) mass is 314 g/mol. The minimum absolute atomic E-state index is 0.178. The van der Waals surface area contributed by atoms with E-state index in [1.54, 1.807) is 7.11 Å². The lowest BCUT2D eigenvalue weighted by Crippen LogP contribution is -2.04. The van der Waals surface area contributed by atoms with Crippen molar-refractivity contribution in [3.63, 3.8) is 0 Å². The minimum atomic E-state index is 0.178. The number of methoxy groups -OCH3 is 1. The van der Waals surface area contributed by atoms with Crippen molar-refractivity contribution in [3.05, 3.63) is 47.0 Å². The summed E-state index contributed by atoms with van der Waals surface area (Å²) in [4.78, 5) is 0. The Kier molecular flexibility index (Phi) is 4.33. The van der Waals surface area contributed by atoms with Crippen molar-refractivity contribution < 1.29 is 18.9 Å². The second kappa shape index (κ2) is 6.41. The van der Waals surface area contributed by atoms with Gasteiger partial charge in [0.05, 0.1) is 13.7 Å². The molecule has 0 fully saturated rings. The largest absolute Gasteiger partial charge is 0.497 e. The van der Waals surface area contributed by atoms with Crippen LogP contribution >= 0.6 is 0 Å². The van der Waals surface area contributed by atoms with Gasteiger partial charge in [-0.3, -0.25) is 0 Å². The number of hydrogen-bond donors (Lipinski definition) is 0. The molecule has 0 bridgehead atoms. The molecule has 1 aliphatic rings. The molecule has 1 aliphatic heterocycles. The normalized spacial score (nSPS) is 13.7. The number of aryl methyl sites for hydroxylation is 1. The summed E-state index contributed by atoms with van der Waals surface area (Å²) in [6, 6.07) is 10.1. The number of fused-ring (bicyclic) bond motifs is 1. The molecule has 4 nitrogen and oxygen atoms in total. The van der Waals surface area contributed by atoms with Crippen molar-refractivity contribution in [2.75, 3.05) is 20.5 Å². The van der Waals surface area contributed by atoms with E-state index in [1.807, 2.05) is 25.1 Å². The first-order valence-electron chi connectivity index (χ1n) is 7.85. The van der Waals surface area contributed by atoms with Crippen LogP contribution in [0, 0.1) is 6.92 Å². The van der Waals surface area contributed by atoms with Gasteiger partial charge in [-0.1, -0.05) is 13.0 Å². The first-order chi connectivity index (χ1) is 11.1. The predicted molar refractivity (Wildman–Crippen MR) is 89.0 cm³/mol. The molecule has 0 radical (unpaired) electrons. The van der Waals surface area contributed by atoms with Gasteiger partial charge in [0.1, 0.15) is 11.5 Å². The first kappa shape index (κ1) is 15.5. The smallest absolute Gasteiger partial charge is 0.231 e. The molecule has 2 aromatic rings. The van der Waals surface area contributed by atoms with Crippen LogP contribution in [0.15, 0.2) is 30.3 Å². The van der Waals surface area contributed by atoms with E-state index in [1.165, 1.54) is 11.1 Å². The molecular formula is C19H22O4. The fraction of sp³-hybridized carbons (Fsp3) is 0.368. The van der Waals surface area contributed by atoms with Crippen LogP contribution in [-0.2, 0) is 0 Å². The molecule has 1 heterocycles. The fourth-order valence-electron chi connectivity index (χ4n) is 2.99. The highest BCUT2D eigenvalue weighted by molar-refractivity contribution is 5.55. The van der Waals surface area contributed by atoms with Gasteiger partial charge in [0, 0.05) is 17.5 Å². The highest BCUT2D eigenvalue weighted by Crippen LogP contribution is 2.43. The van der Waals surface area contributed by atoms with Gasteiger partial charge in [-0.2, -0.15) is 0 Å². The van der Waals surface area contributed by atoms with Crippen LogP contribution in [0.1, 0.15) is 36.5 Å². The van der Waals surface area contributed by atoms with Crippen LogP contribution in [0.3, 0.4) is 0 Å². The Morgan fingerprint density at radius 1 is 1.09 bits per heavy atom. The lowest BCUT2D eigenvalue weighted by atomic mass is 9.89. The zero-order chi connectivity index (χ0) is 16.4. The minimum Gasteiger partial charge on any atom is -0.497 e. The summed E-state index contributed by atoms with van der Waals surface area (Å²) in [5, 5.41) is 0. The molecule has 0 aromatic heterocycles. The standard InChI is InChI=1S/C19H22O4/c1-5-21-17-10-19-18(22-11-23-19)9-16(17)13(3)15-7-6-14(20-4)8-12(15)2/h6-10,13H,5,11H2,1-4H3/t13-/m1/s1. The summed E-state index contributed by atoms with van der Waals surface area (Å²) in [6.07, 6.45) is 0. The zero-order valence-corrected chi connectivity index (χ0v) is 14.0. The van der Waals surface area contributed by atoms with Crippen molar-refractivity contribution in [1.82, 2.24) is 0 Å². The summed E-state index contributed by atoms with van der Waals surface area (Å²) < 4.78 is 22.1. The SMILES string of the molecule is CCOc1cc2c(cc1[C@H](C)c1ccc(OC)cc1C)OCO2. The van der Waals surface area contributed by atoms with Gasteiger partial charge in [-0.15, -0.1) is 0 Å². The van der Waals surface area contributed by atoms with Crippen LogP contribution in [0.4, 0.5) is 0 Å². The lowest BCUT2D eigenvalue weighted by molar-refractivity contribution is 0.173. The molecule has 0 amide bonds. The number of hydrogen-bond acceptors (Lipinski definition) is 4. The van der Waals surface area contributed by atoms with Crippen LogP contribution < -0.4 is 18.9 Å². The molecule has 2 aromatic carbocycles. The van der Waals surface area contributed by atoms with Crippen LogP contribution in [0.5, 0.6) is 23.0 Å². The van der Waals surface area contributed by atoms with Gasteiger partial charge in [-0.05, 0) is 43.2 Å². The molecule has 1 atom stereocenters. The summed E-state index contributed by atoms with van der Waals surface area (Å²) in [5.41, 5.74) is 3.53. The maximum Gasteiger partial charge on any atom is 0.231 e. The number of rotatable bonds is 5. The topological polar surface area (TPSA) is 36.9 Å². The van der Waals surface area contributed by atoms with E-state index in [9.17, 15) is 0 Å². The van der Waals surface area contributed by atoms with Crippen LogP contribution in [0.2, 0.25) is 0 Å². The lowest BCUT2D eigenvalue weighted by Gasteiger charge is -2.20. The predicted octanol–water partition coefficient (Wildman–Crippen LogP) is 4.28. The summed E-state index contributed by atoms with van der Waals surface area (Å²) in [5.74, 6) is 3.42. The van der Waals surface area contributed by atoms with Crippen LogP contribution in [0.25, 0.3) is 0 Å². The molecule has 0 saturated carbocycles. The molecule has 0 spiro atoms. The molecule has 0 unspecified atom stereocenters. The van der Waals surface area contributed by atoms with Gasteiger partial charge in [0.15, 0.2) is 11.5 Å². The average molecular weight is 314 g/mol. The van der Waals surface area contributed by atoms with Gasteiger partial charge >= 0.3 is 0 Å². The quantitative estimate of drug-likeness (QED) is 0.825. The van der Waals surface area contributed by atoms with Gasteiger partial charge in [0.25, 0.3) is 0 Å². The third-order valence-corrected chi connectivity index (χ3v) is 4.21. The molecule has 4 heteroatoms. The molecule has 0 aliphatic carbocycles. The van der Waals surface area contributed by atoms with Gasteiger partial charge in [0.2, 0.25) is 6.79 Å². The van der Waals surface area contributed by atoms with Crippen molar-refractivity contribution >= 4 is 0 Å². The third-order valence-electron chi connectivity index (χ3n) is 4.21. The molecule has 0 saturated heterocycles. The van der Waals surface area contributed by atoms with Gasteiger partial charge < -0.3 is 18.9 Å². The maximum atomic E-state index is 5.83. The fourth-order valence-corrected chi connectivity index (χ4v) is 2.99. The Morgan fingerprint density at radius 2 is 1.83 bits per heavy atom. The van der Waals surface area contributed by atoms with Crippen molar-refractivity contribution in [2.45, 2.75) is 26.7 Å². The zero-order valence-electron chi connectivity index (χ0n) is 14.0. The first-order valence-corrected chi connectivity index (χ1v) is 7.85. The maximum absolute atomic E-state index is 5.83. The highest BCUT2D eigenvalue weighted by Gasteiger charge is 2.22. The van der Waals surface area contributed by atoms with E-state index in [4.69, 9.17) is 18.9 Å². The molecule has 23 heavy (non-hydrogen) atoms. The molecule has 0 N–H and O–H groups in total. The Labute approximate surface area is 136 Å². The van der Waals surface area contributed by atoms with E-state index >= 15 is 0 Å². The van der Waals surface area contributed by atoms with E-state index in [0.29, 0.717) is 6.61 Å². The van der Waals surface area contributed by atoms with E-state index in [2.05, 4.69) is 26.0 Å². The molecule has 3 rings (SSSR count). The van der Waals surface area contributed by atoms with Crippen molar-refractivity contribution in [1.29, 1.82) is 0 Å². The molecular weight excluding hydrogens is 292 g/mol. The Morgan fingerprint density at radius 3 is 2.48 bits per heavy atom. The second-order valence-corrected chi connectivity index (χ2v) is 5.62. The number of ether oxygens (including phenoxy) is 4. The third kappa shape index (κ3) is 2.93.